The van der Waals surface area contributed by atoms with E-state index in [2.05, 4.69) is 32.4 Å². The molecule has 3 heterocycles. The van der Waals surface area contributed by atoms with Gasteiger partial charge in [0.05, 0.1) is 11.9 Å². The maximum atomic E-state index is 12.7. The molecule has 168 valence electrons. The number of nitriles is 1. The first kappa shape index (κ1) is 22.2. The van der Waals surface area contributed by atoms with Crippen molar-refractivity contribution in [1.82, 2.24) is 29.7 Å². The number of hydrogen-bond donors (Lipinski definition) is 1. The van der Waals surface area contributed by atoms with Gasteiger partial charge in [-0.15, -0.1) is 0 Å². The molecule has 0 fully saturated rings. The highest BCUT2D eigenvalue weighted by atomic mass is 16.2. The van der Waals surface area contributed by atoms with Crippen molar-refractivity contribution in [3.05, 3.63) is 70.8 Å². The molecule has 0 unspecified atom stereocenters. The number of rotatable bonds is 8. The third kappa shape index (κ3) is 4.77. The molecule has 0 saturated carbocycles. The lowest BCUT2D eigenvalue weighted by Gasteiger charge is -2.18. The van der Waals surface area contributed by atoms with Crippen molar-refractivity contribution >= 4 is 11.6 Å². The van der Waals surface area contributed by atoms with E-state index in [1.807, 2.05) is 51.2 Å². The van der Waals surface area contributed by atoms with Crippen molar-refractivity contribution in [1.29, 1.82) is 5.26 Å². The van der Waals surface area contributed by atoms with Crippen molar-refractivity contribution < 1.29 is 4.79 Å². The first-order chi connectivity index (χ1) is 16.0. The number of carbonyl (C=O) groups excluding carboxylic acids is 1. The summed E-state index contributed by atoms with van der Waals surface area (Å²) in [6.07, 6.45) is 4.21. The van der Waals surface area contributed by atoms with Crippen molar-refractivity contribution in [2.75, 3.05) is 13.6 Å². The second kappa shape index (κ2) is 9.65. The average Bonchev–Trinajstić information content (AvgIpc) is 3.46. The first-order valence-corrected chi connectivity index (χ1v) is 11.1. The minimum Gasteiger partial charge on any atom is -0.346 e. The van der Waals surface area contributed by atoms with Gasteiger partial charge >= 0.3 is 0 Å². The molecule has 33 heavy (non-hydrogen) atoms. The predicted octanol–water partition coefficient (Wildman–Crippen LogP) is 3.63. The zero-order valence-corrected chi connectivity index (χ0v) is 19.2. The van der Waals surface area contributed by atoms with Crippen molar-refractivity contribution in [3.63, 3.8) is 0 Å². The van der Waals surface area contributed by atoms with E-state index in [0.717, 1.165) is 46.7 Å². The number of nitrogens with one attached hydrogen (secondary N) is 1. The topological polar surface area (TPSA) is 103 Å². The number of benzene rings is 1. The number of nitrogens with zero attached hydrogens (tertiary/aromatic N) is 6. The van der Waals surface area contributed by atoms with Crippen LogP contribution < -0.4 is 0 Å². The monoisotopic (exact) mass is 441 g/mol. The molecule has 0 saturated heterocycles. The molecule has 0 aliphatic carbocycles. The van der Waals surface area contributed by atoms with Crippen LogP contribution >= 0.6 is 0 Å². The van der Waals surface area contributed by atoms with Crippen LogP contribution in [-0.2, 0) is 17.6 Å². The van der Waals surface area contributed by atoms with Crippen LogP contribution in [0.15, 0.2) is 42.6 Å². The van der Waals surface area contributed by atoms with Crippen LogP contribution in [0, 0.1) is 25.2 Å². The number of amides is 1. The Hall–Kier alpha value is -3.99. The van der Waals surface area contributed by atoms with E-state index in [1.165, 1.54) is 6.20 Å². The normalized spacial score (nSPS) is 11.0. The van der Waals surface area contributed by atoms with Gasteiger partial charge in [-0.05, 0) is 44.7 Å². The minimum atomic E-state index is 0.0988. The fraction of sp³-hybridized carbons (Fsp3) is 0.320. The molecule has 0 radical (unpaired) electrons. The molecule has 8 heteroatoms. The van der Waals surface area contributed by atoms with Crippen molar-refractivity contribution in [3.8, 4) is 17.3 Å². The third-order valence-corrected chi connectivity index (χ3v) is 5.98. The highest BCUT2D eigenvalue weighted by Gasteiger charge is 2.16. The zero-order valence-electron chi connectivity index (χ0n) is 19.2. The molecule has 0 spiro atoms. The SMILES string of the molecule is Cc1nc2c(C#N)cnn2c(C)c1CCC(=O)N(C)CCCc1cc(-c2ccccc2)n[nH]1. The molecule has 4 rings (SSSR count). The van der Waals surface area contributed by atoms with Crippen molar-refractivity contribution in [2.24, 2.45) is 0 Å². The summed E-state index contributed by atoms with van der Waals surface area (Å²) in [7, 11) is 1.85. The summed E-state index contributed by atoms with van der Waals surface area (Å²) in [5, 5.41) is 21.0. The Labute approximate surface area is 192 Å². The number of aromatic nitrogens is 5. The quantitative estimate of drug-likeness (QED) is 0.450. The van der Waals surface area contributed by atoms with E-state index < -0.39 is 0 Å². The molecule has 0 aliphatic heterocycles. The lowest BCUT2D eigenvalue weighted by molar-refractivity contribution is -0.129. The Morgan fingerprint density at radius 2 is 2.00 bits per heavy atom. The molecular weight excluding hydrogens is 414 g/mol. The number of fused-ring (bicyclic) bond motifs is 1. The lowest BCUT2D eigenvalue weighted by atomic mass is 10.1. The van der Waals surface area contributed by atoms with Gasteiger partial charge in [0.1, 0.15) is 11.6 Å². The number of aryl methyl sites for hydroxylation is 3. The summed E-state index contributed by atoms with van der Waals surface area (Å²) in [6.45, 7) is 4.55. The fourth-order valence-electron chi connectivity index (χ4n) is 4.05. The summed E-state index contributed by atoms with van der Waals surface area (Å²) in [5.74, 6) is 0.0988. The van der Waals surface area contributed by atoms with E-state index >= 15 is 0 Å². The van der Waals surface area contributed by atoms with Crippen LogP contribution in [0.2, 0.25) is 0 Å². The van der Waals surface area contributed by atoms with Gasteiger partial charge in [0.2, 0.25) is 5.91 Å². The van der Waals surface area contributed by atoms with Gasteiger partial charge < -0.3 is 4.90 Å². The van der Waals surface area contributed by atoms with Crippen LogP contribution in [-0.4, -0.2) is 49.2 Å². The van der Waals surface area contributed by atoms with E-state index in [4.69, 9.17) is 0 Å². The maximum absolute atomic E-state index is 12.7. The summed E-state index contributed by atoms with van der Waals surface area (Å²) >= 11 is 0. The molecule has 8 nitrogen and oxygen atoms in total. The standard InChI is InChI=1S/C25H27N7O/c1-17-22(18(2)32-25(28-17)20(15-26)16-27-32)11-12-24(33)31(3)13-7-10-21-14-23(30-29-21)19-8-5-4-6-9-19/h4-6,8-9,14,16H,7,10-13H2,1-3H3,(H,29,30). The molecule has 0 atom stereocenters. The molecule has 0 bridgehead atoms. The minimum absolute atomic E-state index is 0.0988. The number of hydrogen-bond acceptors (Lipinski definition) is 5. The van der Waals surface area contributed by atoms with Gasteiger partial charge in [-0.25, -0.2) is 9.50 Å². The molecule has 1 N–H and O–H groups in total. The third-order valence-electron chi connectivity index (χ3n) is 5.98. The van der Waals surface area contributed by atoms with Crippen molar-refractivity contribution in [2.45, 2.75) is 39.5 Å². The average molecular weight is 442 g/mol. The highest BCUT2D eigenvalue weighted by molar-refractivity contribution is 5.76. The predicted molar refractivity (Wildman–Crippen MR) is 125 cm³/mol. The summed E-state index contributed by atoms with van der Waals surface area (Å²) < 4.78 is 1.68. The molecular formula is C25H27N7O. The van der Waals surface area contributed by atoms with Crippen LogP contribution in [0.25, 0.3) is 16.9 Å². The number of aromatic amines is 1. The van der Waals surface area contributed by atoms with Crippen LogP contribution in [0.4, 0.5) is 0 Å². The van der Waals surface area contributed by atoms with E-state index in [9.17, 15) is 10.1 Å². The molecule has 1 aromatic carbocycles. The second-order valence-corrected chi connectivity index (χ2v) is 8.23. The van der Waals surface area contributed by atoms with Crippen LogP contribution in [0.3, 0.4) is 0 Å². The molecule has 0 aliphatic rings. The second-order valence-electron chi connectivity index (χ2n) is 8.23. The van der Waals surface area contributed by atoms with E-state index in [-0.39, 0.29) is 5.91 Å². The van der Waals surface area contributed by atoms with Gasteiger partial charge in [-0.3, -0.25) is 9.89 Å². The van der Waals surface area contributed by atoms with Gasteiger partial charge in [0.25, 0.3) is 0 Å². The first-order valence-electron chi connectivity index (χ1n) is 11.1. The Kier molecular flexibility index (Phi) is 6.50. The molecule has 4 aromatic rings. The summed E-state index contributed by atoms with van der Waals surface area (Å²) in [5.41, 5.74) is 6.86. The molecule has 3 aromatic heterocycles. The van der Waals surface area contributed by atoms with E-state index in [1.54, 1.807) is 9.42 Å². The largest absolute Gasteiger partial charge is 0.346 e. The number of H-pyrrole nitrogens is 1. The number of carbonyl (C=O) groups is 1. The van der Waals surface area contributed by atoms with Gasteiger partial charge in [-0.2, -0.15) is 15.5 Å². The Morgan fingerprint density at radius 3 is 2.76 bits per heavy atom. The maximum Gasteiger partial charge on any atom is 0.222 e. The molecule has 1 amide bonds. The van der Waals surface area contributed by atoms with Gasteiger partial charge in [-0.1, -0.05) is 30.3 Å². The smallest absolute Gasteiger partial charge is 0.222 e. The lowest BCUT2D eigenvalue weighted by Crippen LogP contribution is -2.28. The fourth-order valence-corrected chi connectivity index (χ4v) is 4.05. The van der Waals surface area contributed by atoms with Gasteiger partial charge in [0.15, 0.2) is 5.65 Å². The summed E-state index contributed by atoms with van der Waals surface area (Å²) in [4.78, 5) is 19.0. The Balaban J connectivity index is 1.30. The van der Waals surface area contributed by atoms with E-state index in [0.29, 0.717) is 30.6 Å². The Bertz CT molecular complexity index is 1310. The highest BCUT2D eigenvalue weighted by Crippen LogP contribution is 2.19. The van der Waals surface area contributed by atoms with Gasteiger partial charge in [0, 0.05) is 42.7 Å². The summed E-state index contributed by atoms with van der Waals surface area (Å²) in [6, 6.07) is 14.3. The van der Waals surface area contributed by atoms with Crippen LogP contribution in [0.1, 0.15) is 41.1 Å². The zero-order chi connectivity index (χ0) is 23.4. The van der Waals surface area contributed by atoms with Crippen LogP contribution in [0.5, 0.6) is 0 Å². The Morgan fingerprint density at radius 1 is 1.21 bits per heavy atom.